The van der Waals surface area contributed by atoms with E-state index in [-0.39, 0.29) is 0 Å². The van der Waals surface area contributed by atoms with E-state index in [0.29, 0.717) is 0 Å². The van der Waals surface area contributed by atoms with Crippen molar-refractivity contribution in [2.45, 2.75) is 65.2 Å². The molecule has 0 saturated carbocycles. The van der Waals surface area contributed by atoms with Gasteiger partial charge in [0.15, 0.2) is 10.0 Å². The van der Waals surface area contributed by atoms with Crippen molar-refractivity contribution in [2.75, 3.05) is 13.2 Å². The van der Waals surface area contributed by atoms with E-state index in [1.807, 2.05) is 12.4 Å². The smallest absolute Gasteiger partial charge is 0.152 e. The highest BCUT2D eigenvalue weighted by Crippen LogP contribution is 2.37. The third-order valence-corrected chi connectivity index (χ3v) is 8.24. The van der Waals surface area contributed by atoms with Crippen LogP contribution < -0.4 is 9.47 Å². The summed E-state index contributed by atoms with van der Waals surface area (Å²) in [6, 6.07) is 16.6. The third-order valence-electron chi connectivity index (χ3n) is 6.01. The molecule has 0 atom stereocenters. The summed E-state index contributed by atoms with van der Waals surface area (Å²) in [5.74, 6) is 1.86. The SMILES string of the molecule is CCCCCCOc1ccc(-c2cnc(-c3ncc(-c4ccc(OCCCCCC)cc4)s3)s2)cc1. The predicted octanol–water partition coefficient (Wildman–Crippen LogP) is 9.52. The molecule has 4 nitrogen and oxygen atoms in total. The maximum absolute atomic E-state index is 5.87. The first-order chi connectivity index (χ1) is 17.8. The fraction of sp³-hybridized carbons (Fsp3) is 0.400. The molecular weight excluding hydrogens is 484 g/mol. The van der Waals surface area contributed by atoms with Crippen molar-refractivity contribution in [2.24, 2.45) is 0 Å². The maximum Gasteiger partial charge on any atom is 0.152 e. The Morgan fingerprint density at radius 1 is 0.556 bits per heavy atom. The van der Waals surface area contributed by atoms with E-state index in [4.69, 9.17) is 9.47 Å². The van der Waals surface area contributed by atoms with Gasteiger partial charge in [0.1, 0.15) is 11.5 Å². The van der Waals surface area contributed by atoms with Crippen molar-refractivity contribution < 1.29 is 9.47 Å². The van der Waals surface area contributed by atoms with Gasteiger partial charge in [-0.1, -0.05) is 52.4 Å². The largest absolute Gasteiger partial charge is 0.494 e. The molecule has 0 aliphatic heterocycles. The molecule has 0 amide bonds. The summed E-state index contributed by atoms with van der Waals surface area (Å²) in [5.41, 5.74) is 2.30. The quantitative estimate of drug-likeness (QED) is 0.146. The average Bonchev–Trinajstić information content (AvgIpc) is 3.60. The maximum atomic E-state index is 5.87. The summed E-state index contributed by atoms with van der Waals surface area (Å²) in [7, 11) is 0. The highest BCUT2D eigenvalue weighted by atomic mass is 32.1. The van der Waals surface area contributed by atoms with Crippen molar-refractivity contribution in [3.8, 4) is 42.4 Å². The first kappa shape index (κ1) is 26.4. The number of benzene rings is 2. The van der Waals surface area contributed by atoms with Crippen LogP contribution in [-0.2, 0) is 0 Å². The lowest BCUT2D eigenvalue weighted by molar-refractivity contribution is 0.305. The van der Waals surface area contributed by atoms with Crippen molar-refractivity contribution in [1.29, 1.82) is 0 Å². The summed E-state index contributed by atoms with van der Waals surface area (Å²) in [6.07, 6.45) is 13.6. The summed E-state index contributed by atoms with van der Waals surface area (Å²) in [4.78, 5) is 11.6. The van der Waals surface area contributed by atoms with E-state index in [9.17, 15) is 0 Å². The highest BCUT2D eigenvalue weighted by Gasteiger charge is 2.12. The first-order valence-electron chi connectivity index (χ1n) is 13.2. The lowest BCUT2D eigenvalue weighted by Gasteiger charge is -2.06. The van der Waals surface area contributed by atoms with Crippen LogP contribution in [0.4, 0.5) is 0 Å². The van der Waals surface area contributed by atoms with Crippen LogP contribution >= 0.6 is 22.7 Å². The summed E-state index contributed by atoms with van der Waals surface area (Å²) in [6.45, 7) is 6.02. The Bertz CT molecular complexity index is 1070. The van der Waals surface area contributed by atoms with Crippen LogP contribution in [0.2, 0.25) is 0 Å². The Balaban J connectivity index is 1.32. The van der Waals surface area contributed by atoms with Crippen LogP contribution in [-0.4, -0.2) is 23.2 Å². The van der Waals surface area contributed by atoms with Crippen LogP contribution in [0.15, 0.2) is 60.9 Å². The van der Waals surface area contributed by atoms with Crippen molar-refractivity contribution in [3.63, 3.8) is 0 Å². The van der Waals surface area contributed by atoms with Crippen molar-refractivity contribution >= 4 is 22.7 Å². The fourth-order valence-electron chi connectivity index (χ4n) is 3.88. The van der Waals surface area contributed by atoms with Gasteiger partial charge in [0, 0.05) is 12.4 Å². The van der Waals surface area contributed by atoms with Gasteiger partial charge in [-0.15, -0.1) is 22.7 Å². The van der Waals surface area contributed by atoms with Gasteiger partial charge in [0.25, 0.3) is 0 Å². The van der Waals surface area contributed by atoms with Gasteiger partial charge in [0.2, 0.25) is 0 Å². The molecule has 190 valence electrons. The number of unbranched alkanes of at least 4 members (excludes halogenated alkanes) is 6. The number of thiazole rings is 2. The minimum absolute atomic E-state index is 0.783. The van der Waals surface area contributed by atoms with Gasteiger partial charge < -0.3 is 9.47 Å². The molecule has 0 fully saturated rings. The van der Waals surface area contributed by atoms with Crippen LogP contribution in [0.25, 0.3) is 30.9 Å². The second kappa shape index (κ2) is 14.1. The molecule has 0 radical (unpaired) electrons. The molecular formula is C30H36N2O2S2. The molecule has 6 heteroatoms. The van der Waals surface area contributed by atoms with Gasteiger partial charge in [-0.3, -0.25) is 0 Å². The second-order valence-electron chi connectivity index (χ2n) is 8.93. The molecule has 2 aromatic heterocycles. The van der Waals surface area contributed by atoms with Crippen molar-refractivity contribution in [1.82, 2.24) is 9.97 Å². The van der Waals surface area contributed by atoms with Gasteiger partial charge in [-0.2, -0.15) is 0 Å². The molecule has 0 saturated heterocycles. The normalized spacial score (nSPS) is 11.1. The van der Waals surface area contributed by atoms with E-state index in [1.54, 1.807) is 22.7 Å². The summed E-state index contributed by atoms with van der Waals surface area (Å²) < 4.78 is 11.7. The predicted molar refractivity (Wildman–Crippen MR) is 153 cm³/mol. The Morgan fingerprint density at radius 3 is 1.36 bits per heavy atom. The fourth-order valence-corrected chi connectivity index (χ4v) is 5.76. The monoisotopic (exact) mass is 520 g/mol. The molecule has 2 heterocycles. The van der Waals surface area contributed by atoms with E-state index in [0.717, 1.165) is 68.5 Å². The number of aromatic nitrogens is 2. The number of hydrogen-bond donors (Lipinski definition) is 0. The van der Waals surface area contributed by atoms with Crippen LogP contribution in [0.3, 0.4) is 0 Å². The molecule has 0 N–H and O–H groups in total. The van der Waals surface area contributed by atoms with E-state index >= 15 is 0 Å². The topological polar surface area (TPSA) is 44.2 Å². The third kappa shape index (κ3) is 7.65. The average molecular weight is 521 g/mol. The molecule has 0 spiro atoms. The molecule has 2 aromatic carbocycles. The van der Waals surface area contributed by atoms with Crippen LogP contribution in [0.5, 0.6) is 11.5 Å². The molecule has 4 aromatic rings. The van der Waals surface area contributed by atoms with Gasteiger partial charge in [0.05, 0.1) is 23.0 Å². The van der Waals surface area contributed by atoms with Crippen LogP contribution in [0, 0.1) is 0 Å². The highest BCUT2D eigenvalue weighted by molar-refractivity contribution is 7.24. The number of ether oxygens (including phenoxy) is 2. The minimum atomic E-state index is 0.783. The van der Waals surface area contributed by atoms with Gasteiger partial charge in [-0.25, -0.2) is 9.97 Å². The lowest BCUT2D eigenvalue weighted by atomic mass is 10.2. The lowest BCUT2D eigenvalue weighted by Crippen LogP contribution is -1.96. The van der Waals surface area contributed by atoms with Crippen molar-refractivity contribution in [3.05, 3.63) is 60.9 Å². The Hall–Kier alpha value is -2.70. The molecule has 0 bridgehead atoms. The molecule has 0 unspecified atom stereocenters. The minimum Gasteiger partial charge on any atom is -0.494 e. The zero-order valence-corrected chi connectivity index (χ0v) is 23.0. The molecule has 36 heavy (non-hydrogen) atoms. The number of rotatable bonds is 15. The van der Waals surface area contributed by atoms with Crippen LogP contribution in [0.1, 0.15) is 65.2 Å². The standard InChI is InChI=1S/C30H36N2O2S2/c1-3-5-7-9-19-33-25-15-11-23(12-16-25)27-21-31-29(35-27)30-32-22-28(36-30)24-13-17-26(18-14-24)34-20-10-8-6-4-2/h11-18,21-22H,3-10,19-20H2,1-2H3. The van der Waals surface area contributed by atoms with E-state index < -0.39 is 0 Å². The zero-order chi connectivity index (χ0) is 25.0. The molecule has 4 rings (SSSR count). The number of hydrogen-bond acceptors (Lipinski definition) is 6. The first-order valence-corrected chi connectivity index (χ1v) is 14.8. The van der Waals surface area contributed by atoms with E-state index in [2.05, 4.69) is 72.3 Å². The second-order valence-corrected chi connectivity index (χ2v) is 11.0. The van der Waals surface area contributed by atoms with Gasteiger partial charge in [-0.05, 0) is 72.5 Å². The Morgan fingerprint density at radius 2 is 0.972 bits per heavy atom. The molecule has 0 aliphatic rings. The molecule has 0 aliphatic carbocycles. The Labute approximate surface area is 223 Å². The Kier molecular flexibility index (Phi) is 10.4. The summed E-state index contributed by atoms with van der Waals surface area (Å²) >= 11 is 3.35. The number of nitrogens with zero attached hydrogens (tertiary/aromatic N) is 2. The zero-order valence-electron chi connectivity index (χ0n) is 21.4. The van der Waals surface area contributed by atoms with E-state index in [1.165, 1.54) is 38.5 Å². The van der Waals surface area contributed by atoms with Gasteiger partial charge >= 0.3 is 0 Å². The summed E-state index contributed by atoms with van der Waals surface area (Å²) in [5, 5.41) is 1.90.